The molecule has 24 heavy (non-hydrogen) atoms. The Balaban J connectivity index is 1.66. The van der Waals surface area contributed by atoms with E-state index in [2.05, 4.69) is 4.72 Å². The summed E-state index contributed by atoms with van der Waals surface area (Å²) < 4.78 is 26.7. The summed E-state index contributed by atoms with van der Waals surface area (Å²) in [5, 5.41) is 1.64. The van der Waals surface area contributed by atoms with Crippen molar-refractivity contribution in [2.45, 2.75) is 55.2 Å². The summed E-state index contributed by atoms with van der Waals surface area (Å²) in [5.41, 5.74) is -1.07. The van der Waals surface area contributed by atoms with Gasteiger partial charge in [-0.2, -0.15) is 0 Å². The van der Waals surface area contributed by atoms with Gasteiger partial charge in [0.2, 0.25) is 5.91 Å². The number of carbonyl (C=O) groups is 2. The van der Waals surface area contributed by atoms with Crippen molar-refractivity contribution in [3.05, 3.63) is 17.5 Å². The lowest BCUT2D eigenvalue weighted by Crippen LogP contribution is -2.67. The van der Waals surface area contributed by atoms with Crippen LogP contribution in [0, 0.1) is 5.92 Å². The molecule has 1 aliphatic carbocycles. The van der Waals surface area contributed by atoms with E-state index in [4.69, 9.17) is 0 Å². The summed E-state index contributed by atoms with van der Waals surface area (Å²) in [5.74, 6) is -0.262. The van der Waals surface area contributed by atoms with E-state index in [1.807, 2.05) is 0 Å². The molecular formula is C16H22N2O4S2. The van der Waals surface area contributed by atoms with Crippen LogP contribution >= 0.6 is 11.3 Å². The zero-order chi connectivity index (χ0) is 17.4. The van der Waals surface area contributed by atoms with Crippen molar-refractivity contribution >= 4 is 33.2 Å². The number of likely N-dealkylation sites (tertiary alicyclic amines) is 1. The van der Waals surface area contributed by atoms with Crippen molar-refractivity contribution < 1.29 is 18.0 Å². The van der Waals surface area contributed by atoms with E-state index in [-0.39, 0.29) is 10.1 Å². The highest BCUT2D eigenvalue weighted by molar-refractivity contribution is 7.92. The summed E-state index contributed by atoms with van der Waals surface area (Å²) in [6, 6.07) is 3.07. The lowest BCUT2D eigenvalue weighted by Gasteiger charge is -2.49. The number of nitrogens with zero attached hydrogens (tertiary/aromatic N) is 1. The van der Waals surface area contributed by atoms with Crippen LogP contribution in [0.5, 0.6) is 0 Å². The quantitative estimate of drug-likeness (QED) is 0.860. The Morgan fingerprint density at radius 3 is 2.62 bits per heavy atom. The normalized spacial score (nSPS) is 24.6. The standard InChI is InChI=1S/C16H22N2O4S2/c1-16(15(20)17-24(21,22)14-7-4-10-23-14)8-9-18(16)13(19)11-12-5-2-3-6-12/h4,7,10,12H,2-3,5-6,8-9,11H2,1H3,(H,17,20). The topological polar surface area (TPSA) is 83.6 Å². The number of thiophene rings is 1. The monoisotopic (exact) mass is 370 g/mol. The van der Waals surface area contributed by atoms with Crippen LogP contribution in [0.4, 0.5) is 0 Å². The Hall–Kier alpha value is -1.41. The molecule has 8 heteroatoms. The molecule has 0 radical (unpaired) electrons. The highest BCUT2D eigenvalue weighted by Gasteiger charge is 2.50. The van der Waals surface area contributed by atoms with E-state index in [9.17, 15) is 18.0 Å². The largest absolute Gasteiger partial charge is 0.328 e. The van der Waals surface area contributed by atoms with E-state index in [1.54, 1.807) is 18.4 Å². The van der Waals surface area contributed by atoms with Gasteiger partial charge in [0, 0.05) is 13.0 Å². The molecule has 2 fully saturated rings. The third-order valence-corrected chi connectivity index (χ3v) is 7.86. The van der Waals surface area contributed by atoms with Crippen molar-refractivity contribution in [1.82, 2.24) is 9.62 Å². The second-order valence-electron chi connectivity index (χ2n) is 6.79. The van der Waals surface area contributed by atoms with E-state index in [1.165, 1.54) is 11.0 Å². The molecule has 1 aliphatic heterocycles. The van der Waals surface area contributed by atoms with Crippen LogP contribution in [-0.4, -0.2) is 37.2 Å². The minimum atomic E-state index is -3.87. The Morgan fingerprint density at radius 2 is 2.08 bits per heavy atom. The van der Waals surface area contributed by atoms with Crippen LogP contribution in [0.15, 0.2) is 21.7 Å². The van der Waals surface area contributed by atoms with Gasteiger partial charge in [-0.05, 0) is 43.6 Å². The van der Waals surface area contributed by atoms with E-state index in [0.717, 1.165) is 37.0 Å². The maximum Gasteiger partial charge on any atom is 0.273 e. The van der Waals surface area contributed by atoms with Crippen LogP contribution in [0.3, 0.4) is 0 Å². The van der Waals surface area contributed by atoms with Gasteiger partial charge < -0.3 is 4.90 Å². The maximum atomic E-state index is 12.5. The molecule has 0 aromatic carbocycles. The molecule has 1 N–H and O–H groups in total. The van der Waals surface area contributed by atoms with Gasteiger partial charge in [-0.15, -0.1) is 11.3 Å². The summed E-state index contributed by atoms with van der Waals surface area (Å²) in [6.07, 6.45) is 5.39. The highest BCUT2D eigenvalue weighted by Crippen LogP contribution is 2.35. The van der Waals surface area contributed by atoms with Crippen molar-refractivity contribution in [3.8, 4) is 0 Å². The molecule has 2 amide bonds. The lowest BCUT2D eigenvalue weighted by atomic mass is 9.85. The van der Waals surface area contributed by atoms with Gasteiger partial charge in [0.05, 0.1) is 0 Å². The van der Waals surface area contributed by atoms with Crippen molar-refractivity contribution in [2.24, 2.45) is 5.92 Å². The molecule has 1 atom stereocenters. The van der Waals surface area contributed by atoms with Crippen LogP contribution in [0.2, 0.25) is 0 Å². The molecule has 2 aliphatic rings. The van der Waals surface area contributed by atoms with Gasteiger partial charge in [0.15, 0.2) is 0 Å². The molecule has 6 nitrogen and oxygen atoms in total. The maximum absolute atomic E-state index is 12.5. The fourth-order valence-electron chi connectivity index (χ4n) is 3.47. The highest BCUT2D eigenvalue weighted by atomic mass is 32.2. The van der Waals surface area contributed by atoms with Crippen LogP contribution < -0.4 is 4.72 Å². The molecular weight excluding hydrogens is 348 g/mol. The van der Waals surface area contributed by atoms with Gasteiger partial charge in [0.1, 0.15) is 9.75 Å². The van der Waals surface area contributed by atoms with Crippen molar-refractivity contribution in [3.63, 3.8) is 0 Å². The first kappa shape index (κ1) is 17.4. The predicted octanol–water partition coefficient (Wildman–Crippen LogP) is 2.12. The number of hydrogen-bond acceptors (Lipinski definition) is 5. The molecule has 1 aromatic heterocycles. The third kappa shape index (κ3) is 3.21. The number of amides is 2. The number of sulfonamides is 1. The lowest BCUT2D eigenvalue weighted by molar-refractivity contribution is -0.157. The third-order valence-electron chi connectivity index (χ3n) is 5.13. The van der Waals surface area contributed by atoms with Crippen molar-refractivity contribution in [1.29, 1.82) is 0 Å². The first-order valence-corrected chi connectivity index (χ1v) is 10.6. The average Bonchev–Trinajstić information content (AvgIpc) is 3.17. The second-order valence-corrected chi connectivity index (χ2v) is 9.65. The Kier molecular flexibility index (Phi) is 4.70. The molecule has 2 heterocycles. The zero-order valence-electron chi connectivity index (χ0n) is 13.7. The Labute approximate surface area is 146 Å². The van der Waals surface area contributed by atoms with Gasteiger partial charge in [-0.1, -0.05) is 18.9 Å². The van der Waals surface area contributed by atoms with Gasteiger partial charge in [-0.25, -0.2) is 13.1 Å². The molecule has 1 saturated heterocycles. The summed E-state index contributed by atoms with van der Waals surface area (Å²) in [4.78, 5) is 26.6. The van der Waals surface area contributed by atoms with E-state index >= 15 is 0 Å². The first-order chi connectivity index (χ1) is 11.3. The number of rotatable bonds is 5. The molecule has 0 spiro atoms. The van der Waals surface area contributed by atoms with Crippen LogP contribution in [0.25, 0.3) is 0 Å². The van der Waals surface area contributed by atoms with Gasteiger partial charge in [0.25, 0.3) is 15.9 Å². The fourth-order valence-corrected chi connectivity index (χ4v) is 5.53. The minimum absolute atomic E-state index is 0.0423. The number of hydrogen-bond donors (Lipinski definition) is 1. The van der Waals surface area contributed by atoms with Gasteiger partial charge >= 0.3 is 0 Å². The second kappa shape index (κ2) is 6.48. The SMILES string of the molecule is CC1(C(=O)NS(=O)(=O)c2cccs2)CCN1C(=O)CC1CCCC1. The molecule has 3 rings (SSSR count). The molecule has 1 saturated carbocycles. The predicted molar refractivity (Wildman–Crippen MR) is 91.0 cm³/mol. The molecule has 1 unspecified atom stereocenters. The Morgan fingerprint density at radius 1 is 1.38 bits per heavy atom. The summed E-state index contributed by atoms with van der Waals surface area (Å²) >= 11 is 1.05. The van der Waals surface area contributed by atoms with Crippen LogP contribution in [-0.2, 0) is 19.6 Å². The number of nitrogens with one attached hydrogen (secondary N) is 1. The summed E-state index contributed by atoms with van der Waals surface area (Å²) in [6.45, 7) is 2.15. The Bertz CT molecular complexity index is 723. The van der Waals surface area contributed by atoms with Crippen LogP contribution in [0.1, 0.15) is 45.4 Å². The summed E-state index contributed by atoms with van der Waals surface area (Å²) in [7, 11) is -3.87. The average molecular weight is 370 g/mol. The zero-order valence-corrected chi connectivity index (χ0v) is 15.3. The smallest absolute Gasteiger partial charge is 0.273 e. The van der Waals surface area contributed by atoms with Crippen molar-refractivity contribution in [2.75, 3.05) is 6.54 Å². The number of carbonyl (C=O) groups excluding carboxylic acids is 2. The molecule has 0 bridgehead atoms. The van der Waals surface area contributed by atoms with E-state index < -0.39 is 21.5 Å². The molecule has 1 aromatic rings. The molecule has 132 valence electrons. The minimum Gasteiger partial charge on any atom is -0.328 e. The van der Waals surface area contributed by atoms with E-state index in [0.29, 0.717) is 25.3 Å². The van der Waals surface area contributed by atoms with Gasteiger partial charge in [-0.3, -0.25) is 9.59 Å². The fraction of sp³-hybridized carbons (Fsp3) is 0.625. The first-order valence-electron chi connectivity index (χ1n) is 8.24.